The van der Waals surface area contributed by atoms with Gasteiger partial charge in [-0.25, -0.2) is 0 Å². The van der Waals surface area contributed by atoms with Gasteiger partial charge in [-0.15, -0.1) is 0 Å². The van der Waals surface area contributed by atoms with Crippen molar-refractivity contribution in [2.45, 2.75) is 18.0 Å². The van der Waals surface area contributed by atoms with Crippen molar-refractivity contribution in [1.82, 2.24) is 10.2 Å². The Morgan fingerprint density at radius 1 is 1.09 bits per heavy atom. The van der Waals surface area contributed by atoms with Crippen molar-refractivity contribution in [3.8, 4) is 11.5 Å². The number of carbonyl (C=O) groups is 3. The Morgan fingerprint density at radius 2 is 1.88 bits per heavy atom. The molecule has 3 aliphatic heterocycles. The van der Waals surface area contributed by atoms with E-state index in [0.717, 1.165) is 0 Å². The van der Waals surface area contributed by atoms with Crippen LogP contribution in [-0.4, -0.2) is 59.1 Å². The Labute approximate surface area is 194 Å². The number of phenols is 2. The highest BCUT2D eigenvalue weighted by Crippen LogP contribution is 2.53. The van der Waals surface area contributed by atoms with Crippen LogP contribution in [0, 0.1) is 11.8 Å². The Balaban J connectivity index is 1.61. The fourth-order valence-corrected chi connectivity index (χ4v) is 5.53. The second-order valence-electron chi connectivity index (χ2n) is 8.55. The van der Waals surface area contributed by atoms with Gasteiger partial charge in [0, 0.05) is 29.4 Å². The number of ether oxygens (including phenoxy) is 1. The number of nitrogens with zero attached hydrogens (tertiary/aromatic N) is 1. The minimum atomic E-state index is -1.46. The van der Waals surface area contributed by atoms with E-state index in [1.165, 1.54) is 24.1 Å². The number of anilines is 1. The van der Waals surface area contributed by atoms with Crippen LogP contribution in [0.2, 0.25) is 5.02 Å². The number of benzene rings is 2. The highest BCUT2D eigenvalue weighted by molar-refractivity contribution is 6.31. The normalized spacial score (nSPS) is 27.9. The molecule has 2 saturated heterocycles. The minimum Gasteiger partial charge on any atom is -0.504 e. The highest BCUT2D eigenvalue weighted by Gasteiger charge is 2.70. The third-order valence-electron chi connectivity index (χ3n) is 6.78. The van der Waals surface area contributed by atoms with Crippen LogP contribution in [-0.2, 0) is 31.1 Å². The zero-order chi connectivity index (χ0) is 23.5. The third kappa shape index (κ3) is 3.11. The lowest BCUT2D eigenvalue weighted by atomic mass is 9.76. The molecule has 2 fully saturated rings. The van der Waals surface area contributed by atoms with E-state index >= 15 is 0 Å². The molecule has 4 atom stereocenters. The Hall–Kier alpha value is -3.14. The fraction of sp³-hybridized carbons (Fsp3) is 0.348. The minimum absolute atomic E-state index is 0.0913. The lowest BCUT2D eigenvalue weighted by Gasteiger charge is -2.29. The number of phenolic OH excluding ortho intramolecular Hbond substituents is 2. The first kappa shape index (κ1) is 21.7. The predicted octanol–water partition coefficient (Wildman–Crippen LogP) is 1.36. The molecule has 172 valence electrons. The Kier molecular flexibility index (Phi) is 5.08. The van der Waals surface area contributed by atoms with Gasteiger partial charge in [-0.05, 0) is 42.3 Å². The van der Waals surface area contributed by atoms with E-state index in [9.17, 15) is 24.6 Å². The van der Waals surface area contributed by atoms with Crippen molar-refractivity contribution in [3.05, 3.63) is 52.5 Å². The number of aromatic hydroxyl groups is 2. The molecule has 33 heavy (non-hydrogen) atoms. The summed E-state index contributed by atoms with van der Waals surface area (Å²) in [5.74, 6) is -3.54. The molecule has 3 aliphatic rings. The number of imide groups is 1. The molecule has 2 aromatic rings. The summed E-state index contributed by atoms with van der Waals surface area (Å²) in [5.41, 5.74) is 0.247. The van der Waals surface area contributed by atoms with Gasteiger partial charge >= 0.3 is 0 Å². The van der Waals surface area contributed by atoms with Crippen LogP contribution < -0.4 is 10.6 Å². The van der Waals surface area contributed by atoms with Gasteiger partial charge < -0.3 is 20.3 Å². The smallest absolute Gasteiger partial charge is 0.250 e. The molecule has 0 aliphatic carbocycles. The number of nitrogens with one attached hydrogen (secondary N) is 2. The topological polar surface area (TPSA) is 128 Å². The molecule has 5 rings (SSSR count). The summed E-state index contributed by atoms with van der Waals surface area (Å²) >= 11 is 6.24. The Bertz CT molecular complexity index is 1190. The van der Waals surface area contributed by atoms with Crippen LogP contribution in [0.3, 0.4) is 0 Å². The average molecular weight is 472 g/mol. The number of hydrogen-bond donors (Lipinski definition) is 4. The summed E-state index contributed by atoms with van der Waals surface area (Å²) in [6.45, 7) is 0.274. The molecule has 0 aromatic heterocycles. The van der Waals surface area contributed by atoms with E-state index in [2.05, 4.69) is 10.6 Å². The lowest BCUT2D eigenvalue weighted by Crippen LogP contribution is -2.53. The summed E-state index contributed by atoms with van der Waals surface area (Å²) in [5, 5.41) is 26.1. The maximum absolute atomic E-state index is 13.5. The SMILES string of the molecule is COCCN1C(=O)[C@@H]2[C@H](Cc3ccc(O)c(O)c3)N[C@]3(C(=O)Nc4ccc(Cl)cc43)[C@@H]2C1=O. The van der Waals surface area contributed by atoms with Gasteiger partial charge in [0.25, 0.3) is 0 Å². The molecule has 10 heteroatoms. The van der Waals surface area contributed by atoms with Crippen LogP contribution >= 0.6 is 11.6 Å². The number of carbonyl (C=O) groups excluding carboxylic acids is 3. The van der Waals surface area contributed by atoms with Crippen molar-refractivity contribution in [1.29, 1.82) is 0 Å². The maximum atomic E-state index is 13.5. The van der Waals surface area contributed by atoms with Gasteiger partial charge in [0.15, 0.2) is 11.5 Å². The lowest BCUT2D eigenvalue weighted by molar-refractivity contribution is -0.143. The number of fused-ring (bicyclic) bond motifs is 4. The van der Waals surface area contributed by atoms with Gasteiger partial charge in [-0.3, -0.25) is 24.6 Å². The molecule has 0 radical (unpaired) electrons. The van der Waals surface area contributed by atoms with Crippen molar-refractivity contribution in [2.24, 2.45) is 11.8 Å². The quantitative estimate of drug-likeness (QED) is 0.383. The third-order valence-corrected chi connectivity index (χ3v) is 7.02. The Morgan fingerprint density at radius 3 is 2.61 bits per heavy atom. The largest absolute Gasteiger partial charge is 0.504 e. The zero-order valence-electron chi connectivity index (χ0n) is 17.7. The van der Waals surface area contributed by atoms with Gasteiger partial charge in [0.1, 0.15) is 5.54 Å². The summed E-state index contributed by atoms with van der Waals surface area (Å²) < 4.78 is 5.07. The monoisotopic (exact) mass is 471 g/mol. The standard InChI is InChI=1S/C23H22ClN3O6/c1-33-7-6-27-20(30)18-15(8-11-2-5-16(28)17(29)9-11)26-23(19(18)21(27)31)13-10-12(24)3-4-14(13)25-22(23)32/h2-5,9-10,15,18-19,26,28-29H,6-8H2,1H3,(H,25,32)/t15-,18+,19-,23-/m0/s1. The molecule has 3 heterocycles. The first-order valence-corrected chi connectivity index (χ1v) is 10.9. The summed E-state index contributed by atoms with van der Waals surface area (Å²) in [6.07, 6.45) is 0.247. The fourth-order valence-electron chi connectivity index (χ4n) is 5.36. The van der Waals surface area contributed by atoms with E-state index in [1.807, 2.05) is 0 Å². The number of hydrogen-bond acceptors (Lipinski definition) is 7. The molecule has 0 bridgehead atoms. The number of rotatable bonds is 5. The van der Waals surface area contributed by atoms with Crippen molar-refractivity contribution in [2.75, 3.05) is 25.6 Å². The number of likely N-dealkylation sites (tertiary alicyclic amines) is 1. The molecule has 0 unspecified atom stereocenters. The van der Waals surface area contributed by atoms with Crippen molar-refractivity contribution < 1.29 is 29.3 Å². The van der Waals surface area contributed by atoms with Gasteiger partial charge in [-0.2, -0.15) is 0 Å². The average Bonchev–Trinajstić information content (AvgIpc) is 3.34. The van der Waals surface area contributed by atoms with Crippen molar-refractivity contribution >= 4 is 35.0 Å². The van der Waals surface area contributed by atoms with E-state index in [4.69, 9.17) is 16.3 Å². The van der Waals surface area contributed by atoms with E-state index in [0.29, 0.717) is 21.8 Å². The zero-order valence-corrected chi connectivity index (χ0v) is 18.4. The summed E-state index contributed by atoms with van der Waals surface area (Å²) in [7, 11) is 1.48. The maximum Gasteiger partial charge on any atom is 0.250 e. The molecule has 3 amide bonds. The van der Waals surface area contributed by atoms with E-state index in [-0.39, 0.29) is 37.0 Å². The number of amides is 3. The van der Waals surface area contributed by atoms with Crippen LogP contribution in [0.25, 0.3) is 0 Å². The molecular formula is C23H22ClN3O6. The van der Waals surface area contributed by atoms with Crippen molar-refractivity contribution in [3.63, 3.8) is 0 Å². The van der Waals surface area contributed by atoms with Crippen LogP contribution in [0.1, 0.15) is 11.1 Å². The molecule has 0 saturated carbocycles. The van der Waals surface area contributed by atoms with Gasteiger partial charge in [0.2, 0.25) is 17.7 Å². The van der Waals surface area contributed by atoms with Crippen LogP contribution in [0.15, 0.2) is 36.4 Å². The second kappa shape index (κ2) is 7.72. The van der Waals surface area contributed by atoms with Crippen LogP contribution in [0.5, 0.6) is 11.5 Å². The van der Waals surface area contributed by atoms with E-state index < -0.39 is 35.2 Å². The first-order valence-electron chi connectivity index (χ1n) is 10.5. The molecule has 2 aromatic carbocycles. The van der Waals surface area contributed by atoms with Gasteiger partial charge in [-0.1, -0.05) is 17.7 Å². The molecule has 4 N–H and O–H groups in total. The number of halogens is 1. The summed E-state index contributed by atoms with van der Waals surface area (Å²) in [6, 6.07) is 8.77. The second-order valence-corrected chi connectivity index (χ2v) is 8.99. The first-order chi connectivity index (χ1) is 15.8. The summed E-state index contributed by atoms with van der Waals surface area (Å²) in [4.78, 5) is 41.5. The van der Waals surface area contributed by atoms with Crippen LogP contribution in [0.4, 0.5) is 5.69 Å². The number of methoxy groups -OCH3 is 1. The molecular weight excluding hydrogens is 450 g/mol. The van der Waals surface area contributed by atoms with Gasteiger partial charge in [0.05, 0.1) is 25.0 Å². The molecule has 1 spiro atoms. The van der Waals surface area contributed by atoms with E-state index in [1.54, 1.807) is 24.3 Å². The highest BCUT2D eigenvalue weighted by atomic mass is 35.5. The predicted molar refractivity (Wildman–Crippen MR) is 118 cm³/mol. The molecule has 9 nitrogen and oxygen atoms in total.